The van der Waals surface area contributed by atoms with Crippen LogP contribution in [0, 0.1) is 20.9 Å². The summed E-state index contributed by atoms with van der Waals surface area (Å²) in [6, 6.07) is 18.6. The number of thiophene rings is 2. The first-order chi connectivity index (χ1) is 16.3. The molecular formula is C30H26OS2. The molecule has 0 bridgehead atoms. The van der Waals surface area contributed by atoms with Crippen molar-refractivity contribution in [1.29, 1.82) is 0 Å². The zero-order chi connectivity index (χ0) is 21.9. The van der Waals surface area contributed by atoms with E-state index >= 15 is 0 Å². The Bertz CT molecular complexity index is 1740. The molecule has 2 aliphatic rings. The summed E-state index contributed by atoms with van der Waals surface area (Å²) in [6.07, 6.45) is 6.94. The van der Waals surface area contributed by atoms with Gasteiger partial charge in [0.1, 0.15) is 5.75 Å². The molecule has 1 aliphatic carbocycles. The number of aryl methyl sites for hydroxylation is 3. The molecule has 33 heavy (non-hydrogen) atoms. The highest BCUT2D eigenvalue weighted by molar-refractivity contribution is 7.22. The molecule has 0 atom stereocenters. The lowest BCUT2D eigenvalue weighted by atomic mass is 9.91. The van der Waals surface area contributed by atoms with Crippen LogP contribution in [0.4, 0.5) is 0 Å². The number of fused-ring (bicyclic) bond motifs is 8. The van der Waals surface area contributed by atoms with E-state index in [2.05, 4.69) is 60.8 Å². The van der Waals surface area contributed by atoms with E-state index in [0.717, 1.165) is 31.6 Å². The highest BCUT2D eigenvalue weighted by Gasteiger charge is 2.18. The molecule has 0 amide bonds. The second-order valence-corrected chi connectivity index (χ2v) is 11.4. The van der Waals surface area contributed by atoms with E-state index in [1.54, 1.807) is 4.88 Å². The Labute approximate surface area is 201 Å². The topological polar surface area (TPSA) is 9.23 Å². The second-order valence-electron chi connectivity index (χ2n) is 9.35. The third kappa shape index (κ3) is 3.02. The Morgan fingerprint density at radius 2 is 1.85 bits per heavy atom. The molecule has 1 aliphatic heterocycles. The first kappa shape index (κ1) is 19.8. The van der Waals surface area contributed by atoms with Gasteiger partial charge < -0.3 is 4.74 Å². The number of ether oxygens (including phenoxy) is 1. The van der Waals surface area contributed by atoms with E-state index in [0.29, 0.717) is 0 Å². The van der Waals surface area contributed by atoms with Gasteiger partial charge in [-0.3, -0.25) is 0 Å². The van der Waals surface area contributed by atoms with Crippen molar-refractivity contribution >= 4 is 42.8 Å². The van der Waals surface area contributed by atoms with Crippen molar-refractivity contribution in [2.24, 2.45) is 0 Å². The molecule has 1 nitrogen and oxygen atoms in total. The van der Waals surface area contributed by atoms with Crippen molar-refractivity contribution in [2.75, 3.05) is 6.61 Å². The molecule has 5 aromatic rings. The largest absolute Gasteiger partial charge is 0.493 e. The fraction of sp³-hybridized carbons (Fsp3) is 0.267. The number of rotatable bonds is 6. The summed E-state index contributed by atoms with van der Waals surface area (Å²) in [5.74, 6) is 1.08. The van der Waals surface area contributed by atoms with Gasteiger partial charge in [0.15, 0.2) is 0 Å². The molecule has 0 radical (unpaired) electrons. The minimum Gasteiger partial charge on any atom is -0.493 e. The summed E-state index contributed by atoms with van der Waals surface area (Å²) in [7, 11) is 0. The Kier molecular flexibility index (Phi) is 4.63. The standard InChI is InChI=1S/C30H26OS2/c1-2-3-6-21-17-24-29-23(13-15-32-29)27-26-19(5-4-7-22(26)28(27)30(24)33-21)10-8-18-9-11-25-20(16-18)12-14-31-25/h4-5,7,9,11,13,15-17H,2-3,6,8,10,12,14H2,1H3. The fourth-order valence-electron chi connectivity index (χ4n) is 5.67. The highest BCUT2D eigenvalue weighted by Crippen LogP contribution is 2.40. The van der Waals surface area contributed by atoms with Gasteiger partial charge in [0.25, 0.3) is 0 Å². The lowest BCUT2D eigenvalue weighted by Gasteiger charge is -2.13. The van der Waals surface area contributed by atoms with Crippen molar-refractivity contribution in [3.05, 3.63) is 96.4 Å². The summed E-state index contributed by atoms with van der Waals surface area (Å²) in [5, 5.41) is 11.2. The molecule has 164 valence electrons. The first-order valence-electron chi connectivity index (χ1n) is 12.1. The van der Waals surface area contributed by atoms with E-state index in [1.807, 2.05) is 22.7 Å². The molecule has 2 aromatic heterocycles. The molecule has 0 fully saturated rings. The van der Waals surface area contributed by atoms with Gasteiger partial charge in [0.05, 0.1) is 6.61 Å². The average Bonchev–Trinajstić information content (AvgIpc) is 3.56. The van der Waals surface area contributed by atoms with Gasteiger partial charge in [0.2, 0.25) is 0 Å². The van der Waals surface area contributed by atoms with Crippen LogP contribution < -0.4 is 4.74 Å². The number of hydrogen-bond donors (Lipinski definition) is 0. The average molecular weight is 467 g/mol. The normalized spacial score (nSPS) is 13.6. The van der Waals surface area contributed by atoms with Crippen LogP contribution >= 0.6 is 22.7 Å². The van der Waals surface area contributed by atoms with Crippen LogP contribution in [0.15, 0.2) is 53.9 Å². The van der Waals surface area contributed by atoms with E-state index in [9.17, 15) is 0 Å². The van der Waals surface area contributed by atoms with E-state index < -0.39 is 0 Å². The monoisotopic (exact) mass is 466 g/mol. The van der Waals surface area contributed by atoms with Gasteiger partial charge in [-0.15, -0.1) is 22.7 Å². The number of hydrogen-bond acceptors (Lipinski definition) is 3. The summed E-state index contributed by atoms with van der Waals surface area (Å²) in [6.45, 7) is 3.11. The first-order valence-corrected chi connectivity index (χ1v) is 13.8. The summed E-state index contributed by atoms with van der Waals surface area (Å²) in [4.78, 5) is 1.54. The Balaban J connectivity index is 1.37. The van der Waals surface area contributed by atoms with Gasteiger partial charge in [0, 0.05) is 41.9 Å². The molecule has 3 aromatic carbocycles. The lowest BCUT2D eigenvalue weighted by Crippen LogP contribution is -2.00. The van der Waals surface area contributed by atoms with Gasteiger partial charge in [-0.05, 0) is 76.4 Å². The number of unbranched alkanes of at least 4 members (excludes halogenated alkanes) is 1. The van der Waals surface area contributed by atoms with Gasteiger partial charge in [-0.25, -0.2) is 0 Å². The highest BCUT2D eigenvalue weighted by atomic mass is 32.1. The van der Waals surface area contributed by atoms with Crippen LogP contribution in [-0.2, 0) is 25.7 Å². The Morgan fingerprint density at radius 3 is 2.79 bits per heavy atom. The predicted octanol–water partition coefficient (Wildman–Crippen LogP) is 8.07. The van der Waals surface area contributed by atoms with E-state index in [-0.39, 0.29) is 0 Å². The molecule has 0 saturated carbocycles. The molecule has 0 spiro atoms. The Hall–Kier alpha value is -2.62. The van der Waals surface area contributed by atoms with E-state index in [4.69, 9.17) is 4.74 Å². The lowest BCUT2D eigenvalue weighted by molar-refractivity contribution is 0.357. The van der Waals surface area contributed by atoms with Gasteiger partial charge >= 0.3 is 0 Å². The maximum atomic E-state index is 5.69. The van der Waals surface area contributed by atoms with Gasteiger partial charge in [-0.2, -0.15) is 0 Å². The molecule has 0 N–H and O–H groups in total. The van der Waals surface area contributed by atoms with Crippen LogP contribution in [0.2, 0.25) is 0 Å². The van der Waals surface area contributed by atoms with Crippen molar-refractivity contribution in [3.63, 3.8) is 0 Å². The maximum Gasteiger partial charge on any atom is 0.122 e. The van der Waals surface area contributed by atoms with Crippen LogP contribution in [-0.4, -0.2) is 6.61 Å². The summed E-state index contributed by atoms with van der Waals surface area (Å²) in [5.41, 5.74) is 4.29. The molecule has 7 rings (SSSR count). The second kappa shape index (κ2) is 7.72. The number of benzene rings is 3. The van der Waals surface area contributed by atoms with Crippen molar-refractivity contribution in [2.45, 2.75) is 45.4 Å². The van der Waals surface area contributed by atoms with Crippen molar-refractivity contribution < 1.29 is 4.74 Å². The SMILES string of the molecule is CCCCc1cc2c(s1)c1c(c3ccsc32)=c2c(CCc3ccc4c(c3)CCO4)cccc2=1. The van der Waals surface area contributed by atoms with Crippen LogP contribution in [0.5, 0.6) is 5.75 Å². The van der Waals surface area contributed by atoms with E-state index in [1.165, 1.54) is 77.0 Å². The Morgan fingerprint density at radius 1 is 0.879 bits per heavy atom. The quantitative estimate of drug-likeness (QED) is 0.241. The predicted molar refractivity (Wildman–Crippen MR) is 141 cm³/mol. The zero-order valence-corrected chi connectivity index (χ0v) is 20.5. The van der Waals surface area contributed by atoms with Crippen LogP contribution in [0.3, 0.4) is 0 Å². The summed E-state index contributed by atoms with van der Waals surface area (Å²) >= 11 is 3.94. The van der Waals surface area contributed by atoms with Crippen LogP contribution in [0.1, 0.15) is 41.3 Å². The third-order valence-corrected chi connectivity index (χ3v) is 9.48. The fourth-order valence-corrected chi connectivity index (χ4v) is 7.93. The van der Waals surface area contributed by atoms with Crippen molar-refractivity contribution in [3.8, 4) is 5.75 Å². The van der Waals surface area contributed by atoms with Gasteiger partial charge in [-0.1, -0.05) is 43.7 Å². The molecular weight excluding hydrogens is 440 g/mol. The minimum atomic E-state index is 0.829. The minimum absolute atomic E-state index is 0.829. The molecule has 0 unspecified atom stereocenters. The smallest absolute Gasteiger partial charge is 0.122 e. The molecule has 3 heterocycles. The molecule has 0 saturated heterocycles. The maximum absolute atomic E-state index is 5.69. The zero-order valence-electron chi connectivity index (χ0n) is 18.9. The third-order valence-electron chi connectivity index (χ3n) is 7.32. The molecule has 3 heteroatoms. The summed E-state index contributed by atoms with van der Waals surface area (Å²) < 4.78 is 8.68. The van der Waals surface area contributed by atoms with Crippen LogP contribution in [0.25, 0.3) is 20.2 Å². The van der Waals surface area contributed by atoms with Crippen molar-refractivity contribution in [1.82, 2.24) is 0 Å².